The van der Waals surface area contributed by atoms with Crippen molar-refractivity contribution in [3.8, 4) is 5.75 Å². The van der Waals surface area contributed by atoms with Crippen LogP contribution in [0.25, 0.3) is 0 Å². The minimum atomic E-state index is 0.621. The summed E-state index contributed by atoms with van der Waals surface area (Å²) in [5.41, 5.74) is 1.62. The quantitative estimate of drug-likeness (QED) is 0.503. The molecule has 0 fully saturated rings. The number of rotatable bonds is 8. The first-order valence-corrected chi connectivity index (χ1v) is 7.36. The van der Waals surface area contributed by atoms with Crippen LogP contribution in [0.2, 0.25) is 0 Å². The highest BCUT2D eigenvalue weighted by Crippen LogP contribution is 2.27. The number of unbranched alkanes of at least 4 members (excludes halogenated alkanes) is 4. The number of carbonyl (C=O) groups is 1. The van der Waals surface area contributed by atoms with Crippen LogP contribution in [0.5, 0.6) is 5.75 Å². The molecule has 100 valence electrons. The highest BCUT2D eigenvalue weighted by molar-refractivity contribution is 9.10. The molecule has 1 aromatic carbocycles. The van der Waals surface area contributed by atoms with Crippen molar-refractivity contribution >= 4 is 22.2 Å². The Bertz CT molecular complexity index is 388. The van der Waals surface area contributed by atoms with Crippen molar-refractivity contribution in [1.29, 1.82) is 0 Å². The Balaban J connectivity index is 2.49. The van der Waals surface area contributed by atoms with Crippen LogP contribution in [0.4, 0.5) is 0 Å². The largest absolute Gasteiger partial charge is 0.493 e. The van der Waals surface area contributed by atoms with Gasteiger partial charge in [-0.1, -0.05) is 48.5 Å². The number of carbonyl (C=O) groups excluding carboxylic acids is 1. The lowest BCUT2D eigenvalue weighted by Gasteiger charge is -2.12. The average Bonchev–Trinajstić information content (AvgIpc) is 2.35. The molecule has 0 spiro atoms. The van der Waals surface area contributed by atoms with Crippen LogP contribution in [0.1, 0.15) is 54.9 Å². The molecule has 1 rings (SSSR count). The molecule has 18 heavy (non-hydrogen) atoms. The zero-order valence-corrected chi connectivity index (χ0v) is 12.8. The van der Waals surface area contributed by atoms with Gasteiger partial charge in [-0.2, -0.15) is 0 Å². The molecule has 0 aliphatic rings. The van der Waals surface area contributed by atoms with E-state index in [4.69, 9.17) is 4.74 Å². The second-order valence-corrected chi connectivity index (χ2v) is 5.44. The van der Waals surface area contributed by atoms with Crippen LogP contribution in [0, 0.1) is 6.92 Å². The lowest BCUT2D eigenvalue weighted by Crippen LogP contribution is -2.02. The normalized spacial score (nSPS) is 10.4. The second kappa shape index (κ2) is 8.30. The Morgan fingerprint density at radius 1 is 1.22 bits per heavy atom. The van der Waals surface area contributed by atoms with E-state index in [2.05, 4.69) is 22.9 Å². The molecule has 0 atom stereocenters. The van der Waals surface area contributed by atoms with Gasteiger partial charge >= 0.3 is 0 Å². The minimum absolute atomic E-state index is 0.621. The topological polar surface area (TPSA) is 26.3 Å². The third-order valence-electron chi connectivity index (χ3n) is 2.89. The molecule has 0 bridgehead atoms. The van der Waals surface area contributed by atoms with Gasteiger partial charge in [-0.3, -0.25) is 4.79 Å². The SMILES string of the molecule is CCCCCCCOc1c(C)cc(Br)cc1C=O. The highest BCUT2D eigenvalue weighted by Gasteiger charge is 2.08. The summed E-state index contributed by atoms with van der Waals surface area (Å²) in [6.07, 6.45) is 6.90. The van der Waals surface area contributed by atoms with Crippen LogP contribution in [0.15, 0.2) is 16.6 Å². The van der Waals surface area contributed by atoms with Gasteiger partial charge < -0.3 is 4.74 Å². The van der Waals surface area contributed by atoms with E-state index in [1.165, 1.54) is 25.7 Å². The fourth-order valence-corrected chi connectivity index (χ4v) is 2.51. The maximum absolute atomic E-state index is 11.0. The Hall–Kier alpha value is -0.830. The summed E-state index contributed by atoms with van der Waals surface area (Å²) in [5.74, 6) is 0.726. The van der Waals surface area contributed by atoms with Gasteiger partial charge in [-0.15, -0.1) is 0 Å². The maximum Gasteiger partial charge on any atom is 0.153 e. The van der Waals surface area contributed by atoms with Crippen molar-refractivity contribution in [3.63, 3.8) is 0 Å². The molecule has 0 saturated heterocycles. The molecule has 0 saturated carbocycles. The fraction of sp³-hybridized carbons (Fsp3) is 0.533. The van der Waals surface area contributed by atoms with E-state index in [9.17, 15) is 4.79 Å². The van der Waals surface area contributed by atoms with Gasteiger partial charge in [0, 0.05) is 4.47 Å². The van der Waals surface area contributed by atoms with Gasteiger partial charge in [0.15, 0.2) is 6.29 Å². The summed E-state index contributed by atoms with van der Waals surface area (Å²) in [5, 5.41) is 0. The number of ether oxygens (including phenoxy) is 1. The summed E-state index contributed by atoms with van der Waals surface area (Å²) in [6.45, 7) is 4.86. The van der Waals surface area contributed by atoms with E-state index in [0.717, 1.165) is 28.5 Å². The molecule has 3 heteroatoms. The number of halogens is 1. The van der Waals surface area contributed by atoms with Crippen molar-refractivity contribution < 1.29 is 9.53 Å². The van der Waals surface area contributed by atoms with Gasteiger partial charge in [0.1, 0.15) is 5.75 Å². The summed E-state index contributed by atoms with van der Waals surface area (Å²) in [7, 11) is 0. The van der Waals surface area contributed by atoms with E-state index in [1.54, 1.807) is 6.07 Å². The Morgan fingerprint density at radius 3 is 2.61 bits per heavy atom. The van der Waals surface area contributed by atoms with Gasteiger partial charge in [0.05, 0.1) is 12.2 Å². The standard InChI is InChI=1S/C15H21BrO2/c1-3-4-5-6-7-8-18-15-12(2)9-14(16)10-13(15)11-17/h9-11H,3-8H2,1-2H3. The number of hydrogen-bond acceptors (Lipinski definition) is 2. The molecule has 0 radical (unpaired) electrons. The summed E-state index contributed by atoms with van der Waals surface area (Å²) in [6, 6.07) is 3.77. The number of aryl methyl sites for hydroxylation is 1. The summed E-state index contributed by atoms with van der Waals surface area (Å²) >= 11 is 3.38. The molecule has 0 amide bonds. The Labute approximate surface area is 118 Å². The predicted octanol–water partition coefficient (Wildman–Crippen LogP) is 4.92. The van der Waals surface area contributed by atoms with Gasteiger partial charge in [0.2, 0.25) is 0 Å². The number of hydrogen-bond donors (Lipinski definition) is 0. The zero-order valence-electron chi connectivity index (χ0n) is 11.2. The summed E-state index contributed by atoms with van der Waals surface area (Å²) in [4.78, 5) is 11.0. The lowest BCUT2D eigenvalue weighted by molar-refractivity contribution is 0.111. The monoisotopic (exact) mass is 312 g/mol. The lowest BCUT2D eigenvalue weighted by atomic mass is 10.1. The average molecular weight is 313 g/mol. The van der Waals surface area contributed by atoms with E-state index in [1.807, 2.05) is 13.0 Å². The van der Waals surface area contributed by atoms with E-state index >= 15 is 0 Å². The molecular formula is C15H21BrO2. The number of benzene rings is 1. The second-order valence-electron chi connectivity index (χ2n) is 4.52. The van der Waals surface area contributed by atoms with E-state index in [0.29, 0.717) is 12.2 Å². The number of aldehydes is 1. The van der Waals surface area contributed by atoms with Crippen molar-refractivity contribution in [2.24, 2.45) is 0 Å². The highest BCUT2D eigenvalue weighted by atomic mass is 79.9. The van der Waals surface area contributed by atoms with Gasteiger partial charge in [-0.25, -0.2) is 0 Å². The first kappa shape index (κ1) is 15.2. The third kappa shape index (κ3) is 4.81. The van der Waals surface area contributed by atoms with Crippen molar-refractivity contribution in [1.82, 2.24) is 0 Å². The van der Waals surface area contributed by atoms with Gasteiger partial charge in [0.25, 0.3) is 0 Å². The van der Waals surface area contributed by atoms with Crippen LogP contribution in [-0.2, 0) is 0 Å². The molecule has 1 aromatic rings. The van der Waals surface area contributed by atoms with Crippen molar-refractivity contribution in [3.05, 3.63) is 27.7 Å². The fourth-order valence-electron chi connectivity index (χ4n) is 1.92. The molecule has 0 aromatic heterocycles. The minimum Gasteiger partial charge on any atom is -0.493 e. The molecule has 0 N–H and O–H groups in total. The zero-order chi connectivity index (χ0) is 13.4. The smallest absolute Gasteiger partial charge is 0.153 e. The maximum atomic E-state index is 11.0. The predicted molar refractivity (Wildman–Crippen MR) is 78.5 cm³/mol. The van der Waals surface area contributed by atoms with Crippen LogP contribution >= 0.6 is 15.9 Å². The molecule has 0 aliphatic carbocycles. The van der Waals surface area contributed by atoms with Gasteiger partial charge in [-0.05, 0) is 31.0 Å². The van der Waals surface area contributed by atoms with Crippen molar-refractivity contribution in [2.45, 2.75) is 46.0 Å². The molecule has 0 heterocycles. The first-order chi connectivity index (χ1) is 8.69. The first-order valence-electron chi connectivity index (χ1n) is 6.57. The molecule has 0 aliphatic heterocycles. The van der Waals surface area contributed by atoms with E-state index in [-0.39, 0.29) is 0 Å². The van der Waals surface area contributed by atoms with Crippen LogP contribution in [-0.4, -0.2) is 12.9 Å². The summed E-state index contributed by atoms with van der Waals surface area (Å²) < 4.78 is 6.66. The third-order valence-corrected chi connectivity index (χ3v) is 3.35. The van der Waals surface area contributed by atoms with E-state index < -0.39 is 0 Å². The van der Waals surface area contributed by atoms with Crippen LogP contribution in [0.3, 0.4) is 0 Å². The molecular weight excluding hydrogens is 292 g/mol. The molecule has 0 unspecified atom stereocenters. The Kier molecular flexibility index (Phi) is 7.02. The van der Waals surface area contributed by atoms with Crippen LogP contribution < -0.4 is 4.74 Å². The molecule has 2 nitrogen and oxygen atoms in total. The Morgan fingerprint density at radius 2 is 1.94 bits per heavy atom. The van der Waals surface area contributed by atoms with Crippen molar-refractivity contribution in [2.75, 3.05) is 6.61 Å².